The summed E-state index contributed by atoms with van der Waals surface area (Å²) in [5.41, 5.74) is 5.91. The Balaban J connectivity index is 0.00000324. The number of ether oxygens (including phenoxy) is 2. The SMILES string of the molecule is COCCNCc1cc(Cl)ccc1OCC(N)=O.[Cl-]. The number of carbonyl (C=O) groups excluding carboxylic acids is 1. The summed E-state index contributed by atoms with van der Waals surface area (Å²) >= 11 is 5.92. The summed E-state index contributed by atoms with van der Waals surface area (Å²) in [6, 6.07) is 5.22. The summed E-state index contributed by atoms with van der Waals surface area (Å²) < 4.78 is 10.2. The van der Waals surface area contributed by atoms with Crippen LogP contribution in [0.4, 0.5) is 0 Å². The zero-order valence-corrected chi connectivity index (χ0v) is 12.1. The fourth-order valence-corrected chi connectivity index (χ4v) is 1.57. The van der Waals surface area contributed by atoms with E-state index < -0.39 is 5.91 Å². The second-order valence-corrected chi connectivity index (χ2v) is 4.11. The van der Waals surface area contributed by atoms with E-state index in [4.69, 9.17) is 26.8 Å². The van der Waals surface area contributed by atoms with Crippen molar-refractivity contribution in [2.45, 2.75) is 6.54 Å². The number of nitrogens with one attached hydrogen (secondary N) is 1. The van der Waals surface area contributed by atoms with E-state index in [-0.39, 0.29) is 19.0 Å². The summed E-state index contributed by atoms with van der Waals surface area (Å²) in [7, 11) is 1.64. The van der Waals surface area contributed by atoms with Crippen molar-refractivity contribution in [3.05, 3.63) is 28.8 Å². The van der Waals surface area contributed by atoms with E-state index in [1.54, 1.807) is 25.3 Å². The smallest absolute Gasteiger partial charge is 0.255 e. The van der Waals surface area contributed by atoms with Gasteiger partial charge in [-0.1, -0.05) is 11.6 Å². The van der Waals surface area contributed by atoms with Gasteiger partial charge < -0.3 is 32.9 Å². The Morgan fingerprint density at radius 3 is 2.84 bits per heavy atom. The van der Waals surface area contributed by atoms with Gasteiger partial charge >= 0.3 is 0 Å². The minimum atomic E-state index is -0.511. The number of halogens is 2. The van der Waals surface area contributed by atoms with Crippen molar-refractivity contribution in [1.82, 2.24) is 5.32 Å². The van der Waals surface area contributed by atoms with Crippen molar-refractivity contribution in [3.8, 4) is 5.75 Å². The van der Waals surface area contributed by atoms with Gasteiger partial charge in [0.15, 0.2) is 6.61 Å². The molecule has 5 nitrogen and oxygen atoms in total. The van der Waals surface area contributed by atoms with Gasteiger partial charge in [0.2, 0.25) is 0 Å². The first-order valence-corrected chi connectivity index (χ1v) is 5.90. The van der Waals surface area contributed by atoms with Crippen LogP contribution in [0.2, 0.25) is 5.02 Å². The summed E-state index contributed by atoms with van der Waals surface area (Å²) in [6.07, 6.45) is 0. The van der Waals surface area contributed by atoms with E-state index >= 15 is 0 Å². The van der Waals surface area contributed by atoms with Crippen LogP contribution in [0.15, 0.2) is 18.2 Å². The van der Waals surface area contributed by atoms with Gasteiger partial charge in [0.25, 0.3) is 5.91 Å². The number of rotatable bonds is 8. The van der Waals surface area contributed by atoms with Gasteiger partial charge in [-0.25, -0.2) is 0 Å². The fraction of sp³-hybridized carbons (Fsp3) is 0.417. The number of carbonyl (C=O) groups is 1. The molecular formula is C12H17Cl2N2O3-. The molecule has 0 atom stereocenters. The van der Waals surface area contributed by atoms with Crippen LogP contribution in [0.3, 0.4) is 0 Å². The predicted octanol–water partition coefficient (Wildman–Crippen LogP) is -2.06. The molecule has 0 aliphatic rings. The van der Waals surface area contributed by atoms with Gasteiger partial charge in [-0.05, 0) is 18.2 Å². The third-order valence-corrected chi connectivity index (χ3v) is 2.43. The number of hydrogen-bond donors (Lipinski definition) is 2. The van der Waals surface area contributed by atoms with Crippen molar-refractivity contribution in [2.75, 3.05) is 26.9 Å². The molecule has 108 valence electrons. The Labute approximate surface area is 123 Å². The number of methoxy groups -OCH3 is 1. The molecule has 0 heterocycles. The van der Waals surface area contributed by atoms with Gasteiger partial charge in [-0.2, -0.15) is 0 Å². The number of nitrogens with two attached hydrogens (primary N) is 1. The minimum Gasteiger partial charge on any atom is -1.00 e. The van der Waals surface area contributed by atoms with Crippen molar-refractivity contribution >= 4 is 17.5 Å². The van der Waals surface area contributed by atoms with Crippen molar-refractivity contribution < 1.29 is 26.7 Å². The molecule has 0 aliphatic heterocycles. The Bertz CT molecular complexity index is 403. The van der Waals surface area contributed by atoms with Crippen LogP contribution in [-0.2, 0) is 16.1 Å². The average Bonchev–Trinajstić information content (AvgIpc) is 2.33. The van der Waals surface area contributed by atoms with Crippen molar-refractivity contribution in [3.63, 3.8) is 0 Å². The zero-order chi connectivity index (χ0) is 13.4. The van der Waals surface area contributed by atoms with Crippen LogP contribution >= 0.6 is 11.6 Å². The highest BCUT2D eigenvalue weighted by atomic mass is 35.5. The lowest BCUT2D eigenvalue weighted by molar-refractivity contribution is -0.119. The first-order chi connectivity index (χ1) is 8.63. The maximum Gasteiger partial charge on any atom is 0.255 e. The summed E-state index contributed by atoms with van der Waals surface area (Å²) in [5, 5.41) is 3.79. The summed E-state index contributed by atoms with van der Waals surface area (Å²) in [5.74, 6) is 0.0892. The van der Waals surface area contributed by atoms with Gasteiger partial charge in [-0.15, -0.1) is 0 Å². The summed E-state index contributed by atoms with van der Waals surface area (Å²) in [4.78, 5) is 10.7. The molecule has 1 rings (SSSR count). The second-order valence-electron chi connectivity index (χ2n) is 3.68. The third kappa shape index (κ3) is 7.22. The lowest BCUT2D eigenvalue weighted by Crippen LogP contribution is -3.00. The molecule has 0 fully saturated rings. The Morgan fingerprint density at radius 1 is 1.47 bits per heavy atom. The molecule has 1 amide bonds. The standard InChI is InChI=1S/C12H17ClN2O3.ClH/c1-17-5-4-15-7-9-6-10(13)2-3-11(9)18-8-12(14)16;/h2-3,6,15H,4-5,7-8H2,1H3,(H2,14,16);1H/p-1. The average molecular weight is 308 g/mol. The lowest BCUT2D eigenvalue weighted by Gasteiger charge is -2.11. The molecular weight excluding hydrogens is 291 g/mol. The number of primary amides is 1. The maximum absolute atomic E-state index is 10.7. The van der Waals surface area contributed by atoms with Gasteiger partial charge in [0, 0.05) is 30.8 Å². The number of amides is 1. The molecule has 3 N–H and O–H groups in total. The third-order valence-electron chi connectivity index (χ3n) is 2.19. The molecule has 1 aromatic carbocycles. The predicted molar refractivity (Wildman–Crippen MR) is 69.7 cm³/mol. The molecule has 0 aliphatic carbocycles. The van der Waals surface area contributed by atoms with E-state index in [0.29, 0.717) is 23.9 Å². The van der Waals surface area contributed by atoms with Gasteiger partial charge in [0.1, 0.15) is 5.75 Å². The van der Waals surface area contributed by atoms with Crippen LogP contribution in [0.1, 0.15) is 5.56 Å². The van der Waals surface area contributed by atoms with E-state index in [1.165, 1.54) is 0 Å². The molecule has 7 heteroatoms. The van der Waals surface area contributed by atoms with Crippen molar-refractivity contribution in [1.29, 1.82) is 0 Å². The molecule has 0 radical (unpaired) electrons. The first kappa shape index (κ1) is 18.0. The molecule has 0 unspecified atom stereocenters. The van der Waals surface area contributed by atoms with E-state index in [0.717, 1.165) is 12.1 Å². The van der Waals surface area contributed by atoms with Crippen LogP contribution in [0.5, 0.6) is 5.75 Å². The van der Waals surface area contributed by atoms with Crippen LogP contribution < -0.4 is 28.2 Å². The Morgan fingerprint density at radius 2 is 2.21 bits per heavy atom. The van der Waals surface area contributed by atoms with E-state index in [2.05, 4.69) is 5.32 Å². The van der Waals surface area contributed by atoms with Crippen molar-refractivity contribution in [2.24, 2.45) is 5.73 Å². The first-order valence-electron chi connectivity index (χ1n) is 5.52. The maximum atomic E-state index is 10.7. The highest BCUT2D eigenvalue weighted by Crippen LogP contribution is 2.22. The molecule has 0 spiro atoms. The quantitative estimate of drug-likeness (QED) is 0.542. The molecule has 1 aromatic rings. The lowest BCUT2D eigenvalue weighted by atomic mass is 10.2. The normalized spacial score (nSPS) is 9.79. The monoisotopic (exact) mass is 307 g/mol. The van der Waals surface area contributed by atoms with Gasteiger partial charge in [0.05, 0.1) is 6.61 Å². The van der Waals surface area contributed by atoms with Crippen LogP contribution in [-0.4, -0.2) is 32.8 Å². The van der Waals surface area contributed by atoms with Crippen LogP contribution in [0.25, 0.3) is 0 Å². The molecule has 0 saturated carbocycles. The largest absolute Gasteiger partial charge is 1.00 e. The zero-order valence-electron chi connectivity index (χ0n) is 10.6. The fourth-order valence-electron chi connectivity index (χ4n) is 1.37. The molecule has 0 saturated heterocycles. The minimum absolute atomic E-state index is 0. The molecule has 19 heavy (non-hydrogen) atoms. The highest BCUT2D eigenvalue weighted by Gasteiger charge is 2.06. The van der Waals surface area contributed by atoms with Crippen LogP contribution in [0, 0.1) is 0 Å². The summed E-state index contributed by atoms with van der Waals surface area (Å²) in [6.45, 7) is 1.78. The van der Waals surface area contributed by atoms with E-state index in [1.807, 2.05) is 0 Å². The molecule has 0 bridgehead atoms. The van der Waals surface area contributed by atoms with Gasteiger partial charge in [-0.3, -0.25) is 4.79 Å². The number of benzene rings is 1. The second kappa shape index (κ2) is 9.86. The Hall–Kier alpha value is -1.01. The van der Waals surface area contributed by atoms with E-state index in [9.17, 15) is 4.79 Å². The molecule has 0 aromatic heterocycles. The Kier molecular flexibility index (Phi) is 9.34. The topological polar surface area (TPSA) is 73.6 Å². The highest BCUT2D eigenvalue weighted by molar-refractivity contribution is 6.30. The number of hydrogen-bond acceptors (Lipinski definition) is 4.